The van der Waals surface area contributed by atoms with E-state index in [0.29, 0.717) is 15.7 Å². The highest BCUT2D eigenvalue weighted by molar-refractivity contribution is 7.99. The van der Waals surface area contributed by atoms with Crippen LogP contribution in [0.3, 0.4) is 0 Å². The third-order valence-electron chi connectivity index (χ3n) is 3.21. The molecule has 2 nitrogen and oxygen atoms in total. The van der Waals surface area contributed by atoms with Gasteiger partial charge in [-0.2, -0.15) is 0 Å². The van der Waals surface area contributed by atoms with Gasteiger partial charge in [-0.05, 0) is 25.1 Å². The van der Waals surface area contributed by atoms with E-state index in [4.69, 9.17) is 0 Å². The second-order valence-corrected chi connectivity index (χ2v) is 5.82. The lowest BCUT2D eigenvalue weighted by Crippen LogP contribution is -1.81. The fourth-order valence-electron chi connectivity index (χ4n) is 2.13. The van der Waals surface area contributed by atoms with Crippen molar-refractivity contribution < 1.29 is 10.2 Å². The Bertz CT molecular complexity index is 764. The largest absolute Gasteiger partial charge is 0.507 e. The number of aromatic hydroxyl groups is 2. The quantitative estimate of drug-likeness (QED) is 0.669. The van der Waals surface area contributed by atoms with E-state index >= 15 is 0 Å². The molecule has 3 rings (SSSR count). The smallest absolute Gasteiger partial charge is 0.137 e. The molecule has 100 valence electrons. The Morgan fingerprint density at radius 1 is 0.850 bits per heavy atom. The summed E-state index contributed by atoms with van der Waals surface area (Å²) in [5, 5.41) is 21.8. The van der Waals surface area contributed by atoms with Crippen LogP contribution in [-0.4, -0.2) is 10.2 Å². The summed E-state index contributed by atoms with van der Waals surface area (Å²) in [5.74, 6) is 0.400. The van der Waals surface area contributed by atoms with Crippen molar-refractivity contribution in [2.24, 2.45) is 0 Å². The zero-order chi connectivity index (χ0) is 14.1. The normalized spacial score (nSPS) is 10.8. The number of aryl methyl sites for hydroxylation is 1. The first-order valence-electron chi connectivity index (χ1n) is 6.33. The second-order valence-electron chi connectivity index (χ2n) is 4.70. The third-order valence-corrected chi connectivity index (χ3v) is 4.25. The van der Waals surface area contributed by atoms with Crippen molar-refractivity contribution in [2.45, 2.75) is 16.7 Å². The van der Waals surface area contributed by atoms with Crippen molar-refractivity contribution >= 4 is 22.5 Å². The minimum Gasteiger partial charge on any atom is -0.507 e. The zero-order valence-corrected chi connectivity index (χ0v) is 11.8. The van der Waals surface area contributed by atoms with Crippen molar-refractivity contribution in [1.29, 1.82) is 0 Å². The third kappa shape index (κ3) is 2.32. The van der Waals surface area contributed by atoms with Gasteiger partial charge >= 0.3 is 0 Å². The maximum Gasteiger partial charge on any atom is 0.137 e. The van der Waals surface area contributed by atoms with Gasteiger partial charge in [-0.1, -0.05) is 53.7 Å². The summed E-state index contributed by atoms with van der Waals surface area (Å²) in [7, 11) is 0. The fourth-order valence-corrected chi connectivity index (χ4v) is 3.03. The summed E-state index contributed by atoms with van der Waals surface area (Å²) < 4.78 is 0. The summed E-state index contributed by atoms with van der Waals surface area (Å²) in [6, 6.07) is 17.0. The van der Waals surface area contributed by atoms with Crippen LogP contribution in [0.2, 0.25) is 0 Å². The van der Waals surface area contributed by atoms with E-state index < -0.39 is 0 Å². The van der Waals surface area contributed by atoms with Gasteiger partial charge in [0.1, 0.15) is 11.5 Å². The van der Waals surface area contributed by atoms with Crippen LogP contribution < -0.4 is 0 Å². The lowest BCUT2D eigenvalue weighted by Gasteiger charge is -2.09. The molecule has 3 heteroatoms. The molecule has 2 N–H and O–H groups in total. The van der Waals surface area contributed by atoms with Gasteiger partial charge in [0.25, 0.3) is 0 Å². The van der Waals surface area contributed by atoms with Crippen LogP contribution in [0.4, 0.5) is 0 Å². The monoisotopic (exact) mass is 282 g/mol. The average molecular weight is 282 g/mol. The molecule has 0 saturated heterocycles. The van der Waals surface area contributed by atoms with Crippen LogP contribution in [-0.2, 0) is 0 Å². The van der Waals surface area contributed by atoms with Gasteiger partial charge < -0.3 is 10.2 Å². The summed E-state index contributed by atoms with van der Waals surface area (Å²) in [5.41, 5.74) is 1.19. The molecule has 0 aliphatic carbocycles. The van der Waals surface area contributed by atoms with Gasteiger partial charge in [-0.25, -0.2) is 0 Å². The highest BCUT2D eigenvalue weighted by atomic mass is 32.2. The van der Waals surface area contributed by atoms with E-state index in [9.17, 15) is 10.2 Å². The SMILES string of the molecule is Cc1ccc(Sc2cc(O)c3ccccc3c2O)cc1. The Hall–Kier alpha value is -2.13. The minimum atomic E-state index is 0.188. The van der Waals surface area contributed by atoms with Crippen molar-refractivity contribution in [2.75, 3.05) is 0 Å². The van der Waals surface area contributed by atoms with Crippen molar-refractivity contribution in [1.82, 2.24) is 0 Å². The molecule has 0 aliphatic heterocycles. The molecule has 0 aromatic heterocycles. The number of phenols is 2. The lowest BCUT2D eigenvalue weighted by molar-refractivity contribution is 0.458. The molecule has 0 aliphatic rings. The maximum atomic E-state index is 10.4. The van der Waals surface area contributed by atoms with Gasteiger partial charge in [-0.3, -0.25) is 0 Å². The van der Waals surface area contributed by atoms with Crippen LogP contribution in [0.5, 0.6) is 11.5 Å². The molecule has 0 atom stereocenters. The maximum absolute atomic E-state index is 10.4. The molecular formula is C17H14O2S. The topological polar surface area (TPSA) is 40.5 Å². The van der Waals surface area contributed by atoms with E-state index in [1.807, 2.05) is 49.4 Å². The molecule has 0 heterocycles. The van der Waals surface area contributed by atoms with Gasteiger partial charge in [0.2, 0.25) is 0 Å². The van der Waals surface area contributed by atoms with Gasteiger partial charge in [-0.15, -0.1) is 0 Å². The number of fused-ring (bicyclic) bond motifs is 1. The standard InChI is InChI=1S/C17H14O2S/c1-11-6-8-12(9-7-11)20-16-10-15(18)13-4-2-3-5-14(13)17(16)19/h2-10,18-19H,1H3. The lowest BCUT2D eigenvalue weighted by atomic mass is 10.1. The number of phenolic OH excluding ortho intramolecular Hbond substituents is 2. The first kappa shape index (κ1) is 12.9. The molecule has 3 aromatic carbocycles. The molecule has 0 spiro atoms. The van der Waals surface area contributed by atoms with E-state index in [2.05, 4.69) is 0 Å². The Balaban J connectivity index is 2.08. The Kier molecular flexibility index (Phi) is 3.28. The number of benzene rings is 3. The predicted octanol–water partition coefficient (Wildman–Crippen LogP) is 4.71. The van der Waals surface area contributed by atoms with Gasteiger partial charge in [0, 0.05) is 15.7 Å². The van der Waals surface area contributed by atoms with E-state index in [-0.39, 0.29) is 11.5 Å². The summed E-state index contributed by atoms with van der Waals surface area (Å²) in [6.45, 7) is 2.04. The Morgan fingerprint density at radius 3 is 2.20 bits per heavy atom. The second kappa shape index (κ2) is 5.10. The number of hydrogen-bond donors (Lipinski definition) is 2. The van der Waals surface area contributed by atoms with Crippen LogP contribution in [0.25, 0.3) is 10.8 Å². The van der Waals surface area contributed by atoms with E-state index in [0.717, 1.165) is 4.90 Å². The van der Waals surface area contributed by atoms with Crippen LogP contribution >= 0.6 is 11.8 Å². The molecular weight excluding hydrogens is 268 g/mol. The molecule has 0 saturated carbocycles. The van der Waals surface area contributed by atoms with Crippen LogP contribution in [0, 0.1) is 6.92 Å². The minimum absolute atomic E-state index is 0.188. The highest BCUT2D eigenvalue weighted by Gasteiger charge is 2.11. The molecule has 0 bridgehead atoms. The summed E-state index contributed by atoms with van der Waals surface area (Å²) in [6.07, 6.45) is 0. The zero-order valence-electron chi connectivity index (χ0n) is 11.0. The highest BCUT2D eigenvalue weighted by Crippen LogP contribution is 2.42. The fraction of sp³-hybridized carbons (Fsp3) is 0.0588. The molecule has 3 aromatic rings. The first-order valence-corrected chi connectivity index (χ1v) is 7.15. The van der Waals surface area contributed by atoms with E-state index in [1.165, 1.54) is 17.3 Å². The van der Waals surface area contributed by atoms with Gasteiger partial charge in [0.05, 0.1) is 4.90 Å². The summed E-state index contributed by atoms with van der Waals surface area (Å²) in [4.78, 5) is 1.69. The van der Waals surface area contributed by atoms with Crippen molar-refractivity contribution in [3.05, 3.63) is 60.2 Å². The van der Waals surface area contributed by atoms with Gasteiger partial charge in [0.15, 0.2) is 0 Å². The Morgan fingerprint density at radius 2 is 1.50 bits per heavy atom. The summed E-state index contributed by atoms with van der Waals surface area (Å²) >= 11 is 1.44. The predicted molar refractivity (Wildman–Crippen MR) is 82.6 cm³/mol. The molecule has 0 amide bonds. The molecule has 0 unspecified atom stereocenters. The van der Waals surface area contributed by atoms with Crippen molar-refractivity contribution in [3.63, 3.8) is 0 Å². The van der Waals surface area contributed by atoms with E-state index in [1.54, 1.807) is 12.1 Å². The average Bonchev–Trinajstić information content (AvgIpc) is 2.47. The Labute approximate surface area is 121 Å². The molecule has 0 fully saturated rings. The number of hydrogen-bond acceptors (Lipinski definition) is 3. The number of rotatable bonds is 2. The van der Waals surface area contributed by atoms with Crippen molar-refractivity contribution in [3.8, 4) is 11.5 Å². The van der Waals surface area contributed by atoms with Crippen LogP contribution in [0.15, 0.2) is 64.4 Å². The van der Waals surface area contributed by atoms with Crippen LogP contribution in [0.1, 0.15) is 5.56 Å². The molecule has 20 heavy (non-hydrogen) atoms. The molecule has 0 radical (unpaired) electrons. The first-order chi connectivity index (χ1) is 9.65.